The average molecular weight is 487 g/mol. The lowest BCUT2D eigenvalue weighted by Crippen LogP contribution is -2.32. The SMILES string of the molecule is CCCOc1ccc([C@@H]2/C(=C(\O)c3ccc(Cl)cc3)C(=O)C(=O)N2CCCN(C)C)cc1OC. The van der Waals surface area contributed by atoms with Gasteiger partial charge in [-0.2, -0.15) is 0 Å². The van der Waals surface area contributed by atoms with Crippen molar-refractivity contribution in [1.29, 1.82) is 0 Å². The first-order valence-corrected chi connectivity index (χ1v) is 11.7. The van der Waals surface area contributed by atoms with E-state index < -0.39 is 17.7 Å². The van der Waals surface area contributed by atoms with Gasteiger partial charge >= 0.3 is 0 Å². The van der Waals surface area contributed by atoms with Crippen LogP contribution >= 0.6 is 11.6 Å². The van der Waals surface area contributed by atoms with Crippen LogP contribution in [0.3, 0.4) is 0 Å². The molecular formula is C26H31ClN2O5. The molecule has 1 amide bonds. The van der Waals surface area contributed by atoms with Crippen molar-refractivity contribution in [3.63, 3.8) is 0 Å². The number of halogens is 1. The second-order valence-corrected chi connectivity index (χ2v) is 8.85. The maximum Gasteiger partial charge on any atom is 0.295 e. The van der Waals surface area contributed by atoms with Gasteiger partial charge in [0.15, 0.2) is 11.5 Å². The summed E-state index contributed by atoms with van der Waals surface area (Å²) in [5.41, 5.74) is 1.11. The molecule has 0 saturated carbocycles. The lowest BCUT2D eigenvalue weighted by atomic mass is 9.95. The number of rotatable bonds is 10. The summed E-state index contributed by atoms with van der Waals surface area (Å²) in [6.45, 7) is 3.66. The van der Waals surface area contributed by atoms with Gasteiger partial charge in [-0.15, -0.1) is 0 Å². The predicted octanol–water partition coefficient (Wildman–Crippen LogP) is 4.51. The quantitative estimate of drug-likeness (QED) is 0.302. The van der Waals surface area contributed by atoms with E-state index in [0.29, 0.717) is 47.2 Å². The maximum absolute atomic E-state index is 13.1. The third kappa shape index (κ3) is 5.54. The first kappa shape index (κ1) is 25.6. The third-order valence-corrected chi connectivity index (χ3v) is 5.88. The Hall–Kier alpha value is -3.03. The lowest BCUT2D eigenvalue weighted by Gasteiger charge is -2.26. The second-order valence-electron chi connectivity index (χ2n) is 8.41. The Balaban J connectivity index is 2.10. The number of aliphatic hydroxyl groups is 1. The fraction of sp³-hybridized carbons (Fsp3) is 0.385. The van der Waals surface area contributed by atoms with Gasteiger partial charge in [0, 0.05) is 17.1 Å². The minimum atomic E-state index is -0.757. The summed E-state index contributed by atoms with van der Waals surface area (Å²) in [6.07, 6.45) is 1.52. The zero-order valence-electron chi connectivity index (χ0n) is 20.0. The molecule has 0 aliphatic carbocycles. The van der Waals surface area contributed by atoms with E-state index in [2.05, 4.69) is 0 Å². The molecule has 0 radical (unpaired) electrons. The van der Waals surface area contributed by atoms with Crippen molar-refractivity contribution in [2.45, 2.75) is 25.8 Å². The van der Waals surface area contributed by atoms with Crippen molar-refractivity contribution in [3.8, 4) is 11.5 Å². The molecule has 2 aromatic rings. The monoisotopic (exact) mass is 486 g/mol. The van der Waals surface area contributed by atoms with Crippen LogP contribution in [0.1, 0.15) is 36.9 Å². The number of Topliss-reactive ketones (excluding diaryl/α,β-unsaturated/α-hetero) is 1. The highest BCUT2D eigenvalue weighted by Gasteiger charge is 2.46. The third-order valence-electron chi connectivity index (χ3n) is 5.63. The number of methoxy groups -OCH3 is 1. The minimum absolute atomic E-state index is 0.0430. The predicted molar refractivity (Wildman–Crippen MR) is 132 cm³/mol. The molecule has 3 rings (SSSR count). The van der Waals surface area contributed by atoms with Gasteiger partial charge in [-0.1, -0.05) is 24.6 Å². The van der Waals surface area contributed by atoms with Crippen LogP contribution in [0.2, 0.25) is 5.02 Å². The molecular weight excluding hydrogens is 456 g/mol. The van der Waals surface area contributed by atoms with Crippen LogP contribution < -0.4 is 9.47 Å². The van der Waals surface area contributed by atoms with Crippen LogP contribution in [0.5, 0.6) is 11.5 Å². The number of aliphatic hydroxyl groups excluding tert-OH is 1. The number of hydrogen-bond donors (Lipinski definition) is 1. The summed E-state index contributed by atoms with van der Waals surface area (Å²) in [5.74, 6) is -0.510. The van der Waals surface area contributed by atoms with Crippen LogP contribution in [-0.2, 0) is 9.59 Å². The Kier molecular flexibility index (Phi) is 8.58. The van der Waals surface area contributed by atoms with Crippen LogP contribution in [-0.4, -0.2) is 67.5 Å². The highest BCUT2D eigenvalue weighted by molar-refractivity contribution is 6.46. The molecule has 8 heteroatoms. The summed E-state index contributed by atoms with van der Waals surface area (Å²) >= 11 is 5.99. The summed E-state index contributed by atoms with van der Waals surface area (Å²) in [5, 5.41) is 11.6. The molecule has 1 aliphatic rings. The molecule has 1 heterocycles. The largest absolute Gasteiger partial charge is 0.507 e. The number of ether oxygens (including phenoxy) is 2. The molecule has 1 N–H and O–H groups in total. The van der Waals surface area contributed by atoms with E-state index in [-0.39, 0.29) is 11.3 Å². The number of ketones is 1. The number of hydrogen-bond acceptors (Lipinski definition) is 6. The molecule has 0 bridgehead atoms. The Morgan fingerprint density at radius 2 is 1.82 bits per heavy atom. The van der Waals surface area contributed by atoms with Gasteiger partial charge < -0.3 is 24.4 Å². The van der Waals surface area contributed by atoms with Gasteiger partial charge in [0.25, 0.3) is 11.7 Å². The van der Waals surface area contributed by atoms with E-state index in [1.165, 1.54) is 4.90 Å². The van der Waals surface area contributed by atoms with Crippen LogP contribution in [0.25, 0.3) is 5.76 Å². The van der Waals surface area contributed by atoms with E-state index in [4.69, 9.17) is 21.1 Å². The van der Waals surface area contributed by atoms with Gasteiger partial charge in [-0.25, -0.2) is 0 Å². The summed E-state index contributed by atoms with van der Waals surface area (Å²) in [4.78, 5) is 29.7. The normalized spacial score (nSPS) is 17.5. The number of carbonyl (C=O) groups excluding carboxylic acids is 2. The summed E-state index contributed by atoms with van der Waals surface area (Å²) < 4.78 is 11.3. The highest BCUT2D eigenvalue weighted by Crippen LogP contribution is 2.42. The van der Waals surface area contributed by atoms with E-state index in [0.717, 1.165) is 13.0 Å². The maximum atomic E-state index is 13.1. The van der Waals surface area contributed by atoms with Crippen LogP contribution in [0.15, 0.2) is 48.0 Å². The van der Waals surface area contributed by atoms with Gasteiger partial charge in [0.05, 0.1) is 25.3 Å². The Morgan fingerprint density at radius 3 is 2.44 bits per heavy atom. The van der Waals surface area contributed by atoms with E-state index in [9.17, 15) is 14.7 Å². The molecule has 182 valence electrons. The number of carbonyl (C=O) groups is 2. The summed E-state index contributed by atoms with van der Waals surface area (Å²) in [6, 6.07) is 11.1. The highest BCUT2D eigenvalue weighted by atomic mass is 35.5. The van der Waals surface area contributed by atoms with Gasteiger partial charge in [0.1, 0.15) is 5.76 Å². The Morgan fingerprint density at radius 1 is 1.12 bits per heavy atom. The molecule has 2 aromatic carbocycles. The van der Waals surface area contributed by atoms with Crippen molar-refractivity contribution < 1.29 is 24.2 Å². The van der Waals surface area contributed by atoms with Crippen molar-refractivity contribution >= 4 is 29.1 Å². The van der Waals surface area contributed by atoms with E-state index >= 15 is 0 Å². The van der Waals surface area contributed by atoms with E-state index in [1.807, 2.05) is 25.9 Å². The standard InChI is InChI=1S/C26H31ClN2O5/c1-5-15-34-20-12-9-18(16-21(20)33-4)23-22(24(30)17-7-10-19(27)11-8-17)25(31)26(32)29(23)14-6-13-28(2)3/h7-12,16,23,30H,5-6,13-15H2,1-4H3/b24-22+/t23-/m1/s1. The molecule has 0 unspecified atom stereocenters. The molecule has 1 atom stereocenters. The van der Waals surface area contributed by atoms with Gasteiger partial charge in [0.2, 0.25) is 0 Å². The topological polar surface area (TPSA) is 79.3 Å². The van der Waals surface area contributed by atoms with Crippen molar-refractivity contribution in [2.75, 3.05) is 40.9 Å². The zero-order valence-corrected chi connectivity index (χ0v) is 20.8. The summed E-state index contributed by atoms with van der Waals surface area (Å²) in [7, 11) is 5.44. The van der Waals surface area contributed by atoms with E-state index in [1.54, 1.807) is 49.6 Å². The smallest absolute Gasteiger partial charge is 0.295 e. The zero-order chi connectivity index (χ0) is 24.8. The molecule has 0 aromatic heterocycles. The first-order chi connectivity index (χ1) is 16.3. The van der Waals surface area contributed by atoms with Crippen LogP contribution in [0, 0.1) is 0 Å². The van der Waals surface area contributed by atoms with Gasteiger partial charge in [-0.05, 0) is 75.4 Å². The minimum Gasteiger partial charge on any atom is -0.507 e. The first-order valence-electron chi connectivity index (χ1n) is 11.3. The Labute approximate surface area is 205 Å². The molecule has 1 aliphatic heterocycles. The second kappa shape index (κ2) is 11.4. The number of benzene rings is 2. The molecule has 1 saturated heterocycles. The number of nitrogens with zero attached hydrogens (tertiary/aromatic N) is 2. The van der Waals surface area contributed by atoms with Gasteiger partial charge in [-0.3, -0.25) is 9.59 Å². The van der Waals surface area contributed by atoms with Crippen molar-refractivity contribution in [1.82, 2.24) is 9.80 Å². The fourth-order valence-corrected chi connectivity index (χ4v) is 4.09. The average Bonchev–Trinajstić information content (AvgIpc) is 3.07. The number of likely N-dealkylation sites (tertiary alicyclic amines) is 1. The fourth-order valence-electron chi connectivity index (χ4n) is 3.96. The van der Waals surface area contributed by atoms with Crippen molar-refractivity contribution in [2.24, 2.45) is 0 Å². The molecule has 1 fully saturated rings. The molecule has 34 heavy (non-hydrogen) atoms. The van der Waals surface area contributed by atoms with Crippen LogP contribution in [0.4, 0.5) is 0 Å². The van der Waals surface area contributed by atoms with Crippen molar-refractivity contribution in [3.05, 3.63) is 64.2 Å². The lowest BCUT2D eigenvalue weighted by molar-refractivity contribution is -0.139. The number of amides is 1. The molecule has 0 spiro atoms. The Bertz CT molecular complexity index is 1070. The molecule has 7 nitrogen and oxygen atoms in total.